The van der Waals surface area contributed by atoms with Crippen LogP contribution < -0.4 is 15.4 Å². The summed E-state index contributed by atoms with van der Waals surface area (Å²) in [6, 6.07) is 13.1. The third kappa shape index (κ3) is 1.99. The first-order valence-corrected chi connectivity index (χ1v) is 6.54. The number of hydrogen-bond acceptors (Lipinski definition) is 3. The van der Waals surface area contributed by atoms with Crippen LogP contribution in [0.4, 0.5) is 11.4 Å². The minimum absolute atomic E-state index is 0.0703. The fourth-order valence-electron chi connectivity index (χ4n) is 2.59. The molecule has 2 aromatic rings. The number of methoxy groups -OCH3 is 1. The number of nitrogens with two attached hydrogens (primary N) is 1. The number of carbonyl (C=O) groups excluding carboxylic acids is 1. The third-order valence-electron chi connectivity index (χ3n) is 3.59. The van der Waals surface area contributed by atoms with Crippen molar-refractivity contribution >= 4 is 17.3 Å². The predicted octanol–water partition coefficient (Wildman–Crippen LogP) is 2.48. The van der Waals surface area contributed by atoms with Gasteiger partial charge in [-0.3, -0.25) is 4.79 Å². The van der Waals surface area contributed by atoms with Crippen LogP contribution in [0.1, 0.15) is 15.9 Å². The van der Waals surface area contributed by atoms with Crippen LogP contribution in [0.25, 0.3) is 0 Å². The highest BCUT2D eigenvalue weighted by Crippen LogP contribution is 2.31. The summed E-state index contributed by atoms with van der Waals surface area (Å²) in [6.45, 7) is 0.691. The Morgan fingerprint density at radius 3 is 2.85 bits per heavy atom. The van der Waals surface area contributed by atoms with Gasteiger partial charge in [-0.05, 0) is 36.2 Å². The standard InChI is InChI=1S/C16H16N2O2/c1-20-15-7-6-12(17)10-13(15)16(19)18-9-8-11-4-2-3-5-14(11)18/h2-7,10H,8-9,17H2,1H3. The van der Waals surface area contributed by atoms with Gasteiger partial charge in [0.15, 0.2) is 0 Å². The van der Waals surface area contributed by atoms with E-state index in [9.17, 15) is 4.79 Å². The third-order valence-corrected chi connectivity index (χ3v) is 3.59. The van der Waals surface area contributed by atoms with Gasteiger partial charge >= 0.3 is 0 Å². The number of para-hydroxylation sites is 1. The SMILES string of the molecule is COc1ccc(N)cc1C(=O)N1CCc2ccccc21. The topological polar surface area (TPSA) is 55.6 Å². The fourth-order valence-corrected chi connectivity index (χ4v) is 2.59. The molecule has 1 heterocycles. The van der Waals surface area contributed by atoms with Crippen molar-refractivity contribution in [3.63, 3.8) is 0 Å². The van der Waals surface area contributed by atoms with Crippen LogP contribution in [0.5, 0.6) is 5.75 Å². The van der Waals surface area contributed by atoms with Gasteiger partial charge < -0.3 is 15.4 Å². The molecule has 0 unspecified atom stereocenters. The molecule has 102 valence electrons. The first kappa shape index (κ1) is 12.5. The molecule has 1 aliphatic heterocycles. The Bertz CT molecular complexity index is 667. The summed E-state index contributed by atoms with van der Waals surface area (Å²) in [7, 11) is 1.56. The van der Waals surface area contributed by atoms with E-state index in [0.717, 1.165) is 12.1 Å². The van der Waals surface area contributed by atoms with Gasteiger partial charge in [0.2, 0.25) is 0 Å². The molecule has 0 atom stereocenters. The van der Waals surface area contributed by atoms with Crippen LogP contribution in [0.15, 0.2) is 42.5 Å². The second-order valence-corrected chi connectivity index (χ2v) is 4.80. The molecule has 0 radical (unpaired) electrons. The van der Waals surface area contributed by atoms with Crippen molar-refractivity contribution in [1.82, 2.24) is 0 Å². The molecular weight excluding hydrogens is 252 g/mol. The predicted molar refractivity (Wildman–Crippen MR) is 79.2 cm³/mol. The Balaban J connectivity index is 2.00. The van der Waals surface area contributed by atoms with E-state index in [1.54, 1.807) is 30.2 Å². The fraction of sp³-hybridized carbons (Fsp3) is 0.188. The van der Waals surface area contributed by atoms with Crippen LogP contribution >= 0.6 is 0 Å². The van der Waals surface area contributed by atoms with Crippen molar-refractivity contribution in [1.29, 1.82) is 0 Å². The second-order valence-electron chi connectivity index (χ2n) is 4.80. The van der Waals surface area contributed by atoms with E-state index in [1.165, 1.54) is 5.56 Å². The molecule has 1 aliphatic rings. The van der Waals surface area contributed by atoms with Crippen LogP contribution in [-0.2, 0) is 6.42 Å². The Morgan fingerprint density at radius 1 is 1.25 bits per heavy atom. The highest BCUT2D eigenvalue weighted by atomic mass is 16.5. The highest BCUT2D eigenvalue weighted by Gasteiger charge is 2.27. The van der Waals surface area contributed by atoms with Gasteiger partial charge in [-0.2, -0.15) is 0 Å². The number of carbonyl (C=O) groups is 1. The van der Waals surface area contributed by atoms with Gasteiger partial charge in [0.1, 0.15) is 5.75 Å². The van der Waals surface area contributed by atoms with Crippen LogP contribution in [-0.4, -0.2) is 19.6 Å². The van der Waals surface area contributed by atoms with Crippen LogP contribution in [0.2, 0.25) is 0 Å². The molecule has 2 N–H and O–H groups in total. The van der Waals surface area contributed by atoms with Gasteiger partial charge in [-0.1, -0.05) is 18.2 Å². The number of hydrogen-bond donors (Lipinski definition) is 1. The summed E-state index contributed by atoms with van der Waals surface area (Å²) in [5.74, 6) is 0.479. The zero-order valence-electron chi connectivity index (χ0n) is 11.3. The summed E-state index contributed by atoms with van der Waals surface area (Å²) in [6.07, 6.45) is 0.881. The zero-order chi connectivity index (χ0) is 14.1. The maximum Gasteiger partial charge on any atom is 0.262 e. The number of benzene rings is 2. The van der Waals surface area contributed by atoms with Gasteiger partial charge in [0.05, 0.1) is 12.7 Å². The molecule has 0 fully saturated rings. The van der Waals surface area contributed by atoms with E-state index >= 15 is 0 Å². The number of nitrogens with zero attached hydrogens (tertiary/aromatic N) is 1. The minimum Gasteiger partial charge on any atom is -0.496 e. The lowest BCUT2D eigenvalue weighted by Crippen LogP contribution is -2.29. The molecule has 4 nitrogen and oxygen atoms in total. The van der Waals surface area contributed by atoms with Crippen LogP contribution in [0, 0.1) is 0 Å². The number of amides is 1. The van der Waals surface area contributed by atoms with E-state index in [-0.39, 0.29) is 5.91 Å². The van der Waals surface area contributed by atoms with Crippen LogP contribution in [0.3, 0.4) is 0 Å². The molecule has 0 bridgehead atoms. The smallest absolute Gasteiger partial charge is 0.262 e. The average Bonchev–Trinajstić information content (AvgIpc) is 2.90. The maximum absolute atomic E-state index is 12.7. The van der Waals surface area contributed by atoms with Crippen molar-refractivity contribution < 1.29 is 9.53 Å². The van der Waals surface area contributed by atoms with Gasteiger partial charge in [-0.15, -0.1) is 0 Å². The number of anilines is 2. The quantitative estimate of drug-likeness (QED) is 0.851. The summed E-state index contributed by atoms with van der Waals surface area (Å²) < 4.78 is 5.27. The lowest BCUT2D eigenvalue weighted by Gasteiger charge is -2.19. The normalized spacial score (nSPS) is 13.2. The molecule has 1 amide bonds. The molecule has 0 spiro atoms. The van der Waals surface area contributed by atoms with Gasteiger partial charge in [0, 0.05) is 17.9 Å². The first-order valence-electron chi connectivity index (χ1n) is 6.54. The summed E-state index contributed by atoms with van der Waals surface area (Å²) in [5, 5.41) is 0. The van der Waals surface area contributed by atoms with Crippen molar-refractivity contribution in [2.45, 2.75) is 6.42 Å². The average molecular weight is 268 g/mol. The number of fused-ring (bicyclic) bond motifs is 1. The van der Waals surface area contributed by atoms with Gasteiger partial charge in [0.25, 0.3) is 5.91 Å². The van der Waals surface area contributed by atoms with Crippen molar-refractivity contribution in [3.05, 3.63) is 53.6 Å². The minimum atomic E-state index is -0.0703. The monoisotopic (exact) mass is 268 g/mol. The Labute approximate surface area is 117 Å². The molecule has 0 saturated carbocycles. The molecule has 0 aromatic heterocycles. The zero-order valence-corrected chi connectivity index (χ0v) is 11.3. The maximum atomic E-state index is 12.7. The largest absolute Gasteiger partial charge is 0.496 e. The Morgan fingerprint density at radius 2 is 2.05 bits per heavy atom. The Hall–Kier alpha value is -2.49. The number of rotatable bonds is 2. The van der Waals surface area contributed by atoms with Gasteiger partial charge in [-0.25, -0.2) is 0 Å². The van der Waals surface area contributed by atoms with E-state index in [1.807, 2.05) is 18.2 Å². The lowest BCUT2D eigenvalue weighted by atomic mass is 10.1. The second kappa shape index (κ2) is 4.89. The van der Waals surface area contributed by atoms with E-state index in [2.05, 4.69) is 6.07 Å². The molecular formula is C16H16N2O2. The van der Waals surface area contributed by atoms with E-state index < -0.39 is 0 Å². The van der Waals surface area contributed by atoms with Crippen molar-refractivity contribution in [2.24, 2.45) is 0 Å². The van der Waals surface area contributed by atoms with Crippen molar-refractivity contribution in [2.75, 3.05) is 24.3 Å². The summed E-state index contributed by atoms with van der Waals surface area (Å²) >= 11 is 0. The summed E-state index contributed by atoms with van der Waals surface area (Å²) in [4.78, 5) is 14.5. The molecule has 2 aromatic carbocycles. The molecule has 20 heavy (non-hydrogen) atoms. The molecule has 0 aliphatic carbocycles. The molecule has 4 heteroatoms. The lowest BCUT2D eigenvalue weighted by molar-refractivity contribution is 0.0986. The summed E-state index contributed by atoms with van der Waals surface area (Å²) in [5.41, 5.74) is 9.02. The highest BCUT2D eigenvalue weighted by molar-refractivity contribution is 6.09. The molecule has 3 rings (SSSR count). The first-order chi connectivity index (χ1) is 9.70. The van der Waals surface area contributed by atoms with E-state index in [0.29, 0.717) is 23.5 Å². The van der Waals surface area contributed by atoms with Crippen molar-refractivity contribution in [3.8, 4) is 5.75 Å². The molecule has 0 saturated heterocycles. The number of ether oxygens (including phenoxy) is 1. The van der Waals surface area contributed by atoms with E-state index in [4.69, 9.17) is 10.5 Å². The Kier molecular flexibility index (Phi) is 3.06. The number of nitrogen functional groups attached to an aromatic ring is 1.